The molecule has 5 nitrogen and oxygen atoms in total. The number of hydrogen-bond acceptors (Lipinski definition) is 6. The van der Waals surface area contributed by atoms with Gasteiger partial charge in [-0.3, -0.25) is 4.79 Å². The maximum atomic E-state index is 11.7. The summed E-state index contributed by atoms with van der Waals surface area (Å²) in [5, 5.41) is 9.30. The van der Waals surface area contributed by atoms with Gasteiger partial charge in [0.15, 0.2) is 0 Å². The Kier molecular flexibility index (Phi) is 4.26. The molecule has 3 rings (SSSR count). The van der Waals surface area contributed by atoms with Crippen molar-refractivity contribution in [2.75, 3.05) is 11.1 Å². The van der Waals surface area contributed by atoms with Crippen LogP contribution in [-0.4, -0.2) is 31.6 Å². The molecular formula is C13H18N4OS2. The van der Waals surface area contributed by atoms with Crippen LogP contribution in [0.25, 0.3) is 4.96 Å². The third kappa shape index (κ3) is 2.83. The van der Waals surface area contributed by atoms with Gasteiger partial charge in [-0.05, 0) is 18.6 Å². The fourth-order valence-corrected chi connectivity index (χ4v) is 4.67. The van der Waals surface area contributed by atoms with Gasteiger partial charge in [0.2, 0.25) is 10.1 Å². The standard InChI is InChI=1S/C13H18N4OS2/c1-2-19-10-6-4-3-5-9(10)15-12-16-17-11(18)7-8-14-13(17)20-12/h7-10H,2-6H2,1H3,(H,15,16)/t9-,10-/m1/s1. The molecule has 20 heavy (non-hydrogen) atoms. The van der Waals surface area contributed by atoms with Crippen LogP contribution in [0.3, 0.4) is 0 Å². The molecule has 0 radical (unpaired) electrons. The van der Waals surface area contributed by atoms with Crippen LogP contribution >= 0.6 is 23.1 Å². The Balaban J connectivity index is 1.81. The Morgan fingerprint density at radius 3 is 3.15 bits per heavy atom. The number of anilines is 1. The van der Waals surface area contributed by atoms with E-state index in [1.54, 1.807) is 0 Å². The number of thioether (sulfide) groups is 1. The third-order valence-electron chi connectivity index (χ3n) is 3.56. The summed E-state index contributed by atoms with van der Waals surface area (Å²) >= 11 is 3.47. The van der Waals surface area contributed by atoms with E-state index in [0.717, 1.165) is 10.9 Å². The fourth-order valence-electron chi connectivity index (χ4n) is 2.64. The lowest BCUT2D eigenvalue weighted by Gasteiger charge is -2.31. The molecule has 1 saturated carbocycles. The predicted octanol–water partition coefficient (Wildman–Crippen LogP) is 2.63. The molecule has 0 aromatic carbocycles. The summed E-state index contributed by atoms with van der Waals surface area (Å²) in [7, 11) is 0. The Morgan fingerprint density at radius 2 is 2.35 bits per heavy atom. The second kappa shape index (κ2) is 6.13. The first-order valence-electron chi connectivity index (χ1n) is 7.01. The summed E-state index contributed by atoms with van der Waals surface area (Å²) in [5.41, 5.74) is -0.123. The molecule has 2 aromatic rings. The van der Waals surface area contributed by atoms with E-state index in [1.807, 2.05) is 11.8 Å². The second-order valence-electron chi connectivity index (χ2n) is 4.91. The van der Waals surface area contributed by atoms with Crippen LogP contribution in [0.4, 0.5) is 5.13 Å². The van der Waals surface area contributed by atoms with Gasteiger partial charge >= 0.3 is 0 Å². The Labute approximate surface area is 125 Å². The maximum Gasteiger partial charge on any atom is 0.275 e. The van der Waals surface area contributed by atoms with Gasteiger partial charge in [0.25, 0.3) is 5.56 Å². The summed E-state index contributed by atoms with van der Waals surface area (Å²) in [5.74, 6) is 1.14. The van der Waals surface area contributed by atoms with Crippen LogP contribution in [0, 0.1) is 0 Å². The molecule has 1 N–H and O–H groups in total. The summed E-state index contributed by atoms with van der Waals surface area (Å²) < 4.78 is 1.37. The van der Waals surface area contributed by atoms with Gasteiger partial charge in [0.1, 0.15) is 0 Å². The first-order chi connectivity index (χ1) is 9.78. The average Bonchev–Trinajstić information content (AvgIpc) is 2.85. The minimum atomic E-state index is -0.123. The molecule has 0 unspecified atom stereocenters. The lowest BCUT2D eigenvalue weighted by atomic mass is 9.95. The lowest BCUT2D eigenvalue weighted by molar-refractivity contribution is 0.474. The van der Waals surface area contributed by atoms with Crippen LogP contribution in [-0.2, 0) is 0 Å². The van der Waals surface area contributed by atoms with E-state index in [4.69, 9.17) is 0 Å². The van der Waals surface area contributed by atoms with Crippen molar-refractivity contribution in [2.45, 2.75) is 43.9 Å². The molecule has 0 aliphatic heterocycles. The molecule has 2 atom stereocenters. The summed E-state index contributed by atoms with van der Waals surface area (Å²) in [6, 6.07) is 1.89. The van der Waals surface area contributed by atoms with E-state index in [2.05, 4.69) is 22.3 Å². The van der Waals surface area contributed by atoms with Crippen molar-refractivity contribution in [3.8, 4) is 0 Å². The molecule has 1 aliphatic rings. The summed E-state index contributed by atoms with van der Waals surface area (Å²) in [6.07, 6.45) is 6.56. The molecule has 1 aliphatic carbocycles. The van der Waals surface area contributed by atoms with Gasteiger partial charge in [-0.1, -0.05) is 31.1 Å². The topological polar surface area (TPSA) is 59.3 Å². The first-order valence-corrected chi connectivity index (χ1v) is 8.87. The number of fused-ring (bicyclic) bond motifs is 1. The van der Waals surface area contributed by atoms with Crippen LogP contribution < -0.4 is 10.9 Å². The monoisotopic (exact) mass is 310 g/mol. The molecule has 0 spiro atoms. The van der Waals surface area contributed by atoms with Gasteiger partial charge in [-0.15, -0.1) is 5.10 Å². The highest BCUT2D eigenvalue weighted by atomic mass is 32.2. The molecule has 2 heterocycles. The van der Waals surface area contributed by atoms with Crippen molar-refractivity contribution < 1.29 is 0 Å². The number of aromatic nitrogens is 3. The Bertz CT molecular complexity index is 637. The van der Waals surface area contributed by atoms with Crippen molar-refractivity contribution in [3.05, 3.63) is 22.6 Å². The van der Waals surface area contributed by atoms with Crippen molar-refractivity contribution in [1.82, 2.24) is 14.6 Å². The van der Waals surface area contributed by atoms with E-state index in [0.29, 0.717) is 16.3 Å². The number of nitrogens with zero attached hydrogens (tertiary/aromatic N) is 3. The van der Waals surface area contributed by atoms with Gasteiger partial charge in [0.05, 0.1) is 0 Å². The summed E-state index contributed by atoms with van der Waals surface area (Å²) in [6.45, 7) is 2.21. The SMILES string of the molecule is CCS[C@@H]1CCCC[C@H]1Nc1nn2c(=O)ccnc2s1. The van der Waals surface area contributed by atoms with E-state index >= 15 is 0 Å². The molecular weight excluding hydrogens is 292 g/mol. The minimum Gasteiger partial charge on any atom is -0.356 e. The summed E-state index contributed by atoms with van der Waals surface area (Å²) in [4.78, 5) is 16.5. The highest BCUT2D eigenvalue weighted by Crippen LogP contribution is 2.31. The molecule has 2 aromatic heterocycles. The average molecular weight is 310 g/mol. The van der Waals surface area contributed by atoms with Crippen LogP contribution in [0.1, 0.15) is 32.6 Å². The highest BCUT2D eigenvalue weighted by Gasteiger charge is 2.25. The number of hydrogen-bond donors (Lipinski definition) is 1. The quantitative estimate of drug-likeness (QED) is 0.940. The predicted molar refractivity (Wildman–Crippen MR) is 84.9 cm³/mol. The fraction of sp³-hybridized carbons (Fsp3) is 0.615. The number of rotatable bonds is 4. The van der Waals surface area contributed by atoms with E-state index in [1.165, 1.54) is 53.8 Å². The second-order valence-corrected chi connectivity index (χ2v) is 7.39. The zero-order valence-corrected chi connectivity index (χ0v) is 13.0. The zero-order valence-electron chi connectivity index (χ0n) is 11.4. The molecule has 0 saturated heterocycles. The highest BCUT2D eigenvalue weighted by molar-refractivity contribution is 7.99. The van der Waals surface area contributed by atoms with Crippen molar-refractivity contribution in [1.29, 1.82) is 0 Å². The van der Waals surface area contributed by atoms with Gasteiger partial charge < -0.3 is 5.32 Å². The van der Waals surface area contributed by atoms with E-state index in [9.17, 15) is 4.79 Å². The maximum absolute atomic E-state index is 11.7. The molecule has 1 fully saturated rings. The van der Waals surface area contributed by atoms with Crippen molar-refractivity contribution in [2.24, 2.45) is 0 Å². The molecule has 0 amide bonds. The first kappa shape index (κ1) is 13.9. The molecule has 7 heteroatoms. The molecule has 108 valence electrons. The normalized spacial score (nSPS) is 23.1. The van der Waals surface area contributed by atoms with Crippen LogP contribution in [0.5, 0.6) is 0 Å². The van der Waals surface area contributed by atoms with Gasteiger partial charge in [-0.25, -0.2) is 4.98 Å². The van der Waals surface area contributed by atoms with Crippen LogP contribution in [0.15, 0.2) is 17.1 Å². The largest absolute Gasteiger partial charge is 0.356 e. The Hall–Kier alpha value is -1.08. The van der Waals surface area contributed by atoms with Crippen LogP contribution in [0.2, 0.25) is 0 Å². The van der Waals surface area contributed by atoms with Crippen molar-refractivity contribution in [3.63, 3.8) is 0 Å². The lowest BCUT2D eigenvalue weighted by Crippen LogP contribution is -2.34. The Morgan fingerprint density at radius 1 is 1.50 bits per heavy atom. The molecule has 0 bridgehead atoms. The zero-order chi connectivity index (χ0) is 13.9. The third-order valence-corrected chi connectivity index (χ3v) is 5.74. The van der Waals surface area contributed by atoms with E-state index < -0.39 is 0 Å². The number of nitrogens with one attached hydrogen (secondary N) is 1. The van der Waals surface area contributed by atoms with Crippen molar-refractivity contribution >= 4 is 33.2 Å². The minimum absolute atomic E-state index is 0.123. The smallest absolute Gasteiger partial charge is 0.275 e. The van der Waals surface area contributed by atoms with E-state index in [-0.39, 0.29) is 5.56 Å². The van der Waals surface area contributed by atoms with Gasteiger partial charge in [0, 0.05) is 23.6 Å². The van der Waals surface area contributed by atoms with Gasteiger partial charge in [-0.2, -0.15) is 16.3 Å².